The highest BCUT2D eigenvalue weighted by atomic mass is 16.4. The molecule has 2 heterocycles. The zero-order chi connectivity index (χ0) is 16.9. The molecule has 7 heteroatoms. The van der Waals surface area contributed by atoms with E-state index in [0.29, 0.717) is 18.5 Å². The van der Waals surface area contributed by atoms with Crippen LogP contribution in [0.4, 0.5) is 0 Å². The predicted molar refractivity (Wildman–Crippen MR) is 85.2 cm³/mol. The number of hydrogen-bond donors (Lipinski definition) is 1. The molecular formula is C17H18N4O3. The number of nitrogens with zero attached hydrogens (tertiary/aromatic N) is 4. The van der Waals surface area contributed by atoms with E-state index in [0.717, 1.165) is 24.2 Å². The van der Waals surface area contributed by atoms with Gasteiger partial charge >= 0.3 is 5.97 Å². The summed E-state index contributed by atoms with van der Waals surface area (Å²) in [4.78, 5) is 30.3. The van der Waals surface area contributed by atoms with Crippen molar-refractivity contribution in [3.63, 3.8) is 0 Å². The van der Waals surface area contributed by atoms with Crippen LogP contribution in [0.25, 0.3) is 11.4 Å². The number of carbonyl (C=O) groups is 2. The number of carbonyl (C=O) groups excluding carboxylic acids is 1. The van der Waals surface area contributed by atoms with Crippen molar-refractivity contribution in [2.75, 3.05) is 6.54 Å². The van der Waals surface area contributed by atoms with E-state index < -0.39 is 11.5 Å². The molecule has 0 radical (unpaired) electrons. The maximum absolute atomic E-state index is 12.8. The summed E-state index contributed by atoms with van der Waals surface area (Å²) >= 11 is 0. The first kappa shape index (κ1) is 14.9. The molecule has 0 bridgehead atoms. The molecule has 1 aromatic carbocycles. The van der Waals surface area contributed by atoms with Gasteiger partial charge in [0.25, 0.3) is 5.91 Å². The van der Waals surface area contributed by atoms with Gasteiger partial charge in [0.2, 0.25) is 0 Å². The highest BCUT2D eigenvalue weighted by molar-refractivity contribution is 5.99. The van der Waals surface area contributed by atoms with Gasteiger partial charge in [0.05, 0.1) is 0 Å². The summed E-state index contributed by atoms with van der Waals surface area (Å²) in [6, 6.07) is 7.10. The Bertz CT molecular complexity index is 813. The van der Waals surface area contributed by atoms with E-state index in [9.17, 15) is 14.7 Å². The number of aromatic nitrogens is 3. The lowest BCUT2D eigenvalue weighted by molar-refractivity contribution is -0.157. The predicted octanol–water partition coefficient (Wildman–Crippen LogP) is 1.56. The summed E-state index contributed by atoms with van der Waals surface area (Å²) in [6.07, 6.45) is 3.69. The minimum atomic E-state index is -0.987. The molecule has 2 aromatic rings. The van der Waals surface area contributed by atoms with Crippen molar-refractivity contribution in [2.24, 2.45) is 13.0 Å². The second-order valence-corrected chi connectivity index (χ2v) is 6.50. The summed E-state index contributed by atoms with van der Waals surface area (Å²) in [5, 5.41) is 13.7. The van der Waals surface area contributed by atoms with Gasteiger partial charge in [-0.3, -0.25) is 4.79 Å². The first-order valence-electron chi connectivity index (χ1n) is 8.04. The molecule has 0 unspecified atom stereocenters. The van der Waals surface area contributed by atoms with Gasteiger partial charge in [-0.2, -0.15) is 5.10 Å². The van der Waals surface area contributed by atoms with Crippen LogP contribution in [0.1, 0.15) is 29.6 Å². The zero-order valence-electron chi connectivity index (χ0n) is 13.3. The average molecular weight is 326 g/mol. The van der Waals surface area contributed by atoms with Gasteiger partial charge in [0.1, 0.15) is 11.9 Å². The molecular weight excluding hydrogens is 308 g/mol. The number of hydrogen-bond acceptors (Lipinski definition) is 4. The van der Waals surface area contributed by atoms with Gasteiger partial charge in [0, 0.05) is 24.7 Å². The van der Waals surface area contributed by atoms with Crippen LogP contribution in [0.3, 0.4) is 0 Å². The Morgan fingerprint density at radius 3 is 2.54 bits per heavy atom. The molecule has 1 amide bonds. The van der Waals surface area contributed by atoms with Gasteiger partial charge < -0.3 is 10.0 Å². The number of aliphatic carboxylic acids is 1. The van der Waals surface area contributed by atoms with Crippen molar-refractivity contribution >= 4 is 11.9 Å². The normalized spacial score (nSPS) is 25.2. The molecule has 1 aliphatic carbocycles. The summed E-state index contributed by atoms with van der Waals surface area (Å²) in [7, 11) is 1.80. The number of fused-ring (bicyclic) bond motifs is 1. The van der Waals surface area contributed by atoms with Gasteiger partial charge in [-0.1, -0.05) is 12.1 Å². The summed E-state index contributed by atoms with van der Waals surface area (Å²) in [5.74, 6) is -0.266. The minimum absolute atomic E-state index is 0.0943. The van der Waals surface area contributed by atoms with E-state index in [-0.39, 0.29) is 11.8 Å². The fourth-order valence-corrected chi connectivity index (χ4v) is 4.00. The number of likely N-dealkylation sites (tertiary alicyclic amines) is 1. The molecule has 7 nitrogen and oxygen atoms in total. The summed E-state index contributed by atoms with van der Waals surface area (Å²) < 4.78 is 1.66. The van der Waals surface area contributed by atoms with Crippen LogP contribution >= 0.6 is 0 Å². The first-order chi connectivity index (χ1) is 11.5. The molecule has 1 N–H and O–H groups in total. The van der Waals surface area contributed by atoms with E-state index in [2.05, 4.69) is 10.1 Å². The monoisotopic (exact) mass is 326 g/mol. The Morgan fingerprint density at radius 1 is 1.25 bits per heavy atom. The Balaban J connectivity index is 1.61. The zero-order valence-corrected chi connectivity index (χ0v) is 13.3. The van der Waals surface area contributed by atoms with Crippen LogP contribution in [0.2, 0.25) is 0 Å². The van der Waals surface area contributed by atoms with E-state index in [1.807, 2.05) is 12.1 Å². The van der Waals surface area contributed by atoms with Crippen LogP contribution in [0.5, 0.6) is 0 Å². The number of rotatable bonds is 3. The minimum Gasteiger partial charge on any atom is -0.479 e. The van der Waals surface area contributed by atoms with Crippen LogP contribution in [0.15, 0.2) is 30.6 Å². The van der Waals surface area contributed by atoms with Gasteiger partial charge in [-0.05, 0) is 37.3 Å². The van der Waals surface area contributed by atoms with Crippen molar-refractivity contribution in [2.45, 2.75) is 24.8 Å². The van der Waals surface area contributed by atoms with E-state index in [1.165, 1.54) is 6.33 Å². The van der Waals surface area contributed by atoms with Crippen LogP contribution in [-0.4, -0.2) is 48.7 Å². The van der Waals surface area contributed by atoms with Crippen molar-refractivity contribution in [3.8, 4) is 11.4 Å². The van der Waals surface area contributed by atoms with Gasteiger partial charge in [0.15, 0.2) is 5.82 Å². The molecule has 2 aliphatic rings. The SMILES string of the molecule is Cn1ncnc1-c1ccc(C(=O)N2CC[C@@H]3CC[C@@]32C(=O)O)cc1. The highest BCUT2D eigenvalue weighted by Crippen LogP contribution is 2.50. The molecule has 4 rings (SSSR count). The van der Waals surface area contributed by atoms with Gasteiger partial charge in [-0.25, -0.2) is 14.5 Å². The van der Waals surface area contributed by atoms with Crippen LogP contribution < -0.4 is 0 Å². The standard InChI is InChI=1S/C17H18N4O3/c1-20-14(18-10-19-20)11-2-4-12(5-3-11)15(22)21-9-7-13-6-8-17(13,21)16(23)24/h2-5,10,13H,6-9H2,1H3,(H,23,24)/t13-,17-/m0/s1. The Morgan fingerprint density at radius 2 is 2.00 bits per heavy atom. The topological polar surface area (TPSA) is 88.3 Å². The summed E-state index contributed by atoms with van der Waals surface area (Å²) in [6.45, 7) is 0.515. The lowest BCUT2D eigenvalue weighted by Crippen LogP contribution is -2.61. The average Bonchev–Trinajstić information content (AvgIpc) is 3.08. The summed E-state index contributed by atoms with van der Waals surface area (Å²) in [5.41, 5.74) is 0.385. The maximum atomic E-state index is 12.8. The Kier molecular flexibility index (Phi) is 3.19. The maximum Gasteiger partial charge on any atom is 0.329 e. The lowest BCUT2D eigenvalue weighted by Gasteiger charge is -2.46. The molecule has 124 valence electrons. The highest BCUT2D eigenvalue weighted by Gasteiger charge is 2.61. The second kappa shape index (κ2) is 5.15. The third-order valence-corrected chi connectivity index (χ3v) is 5.45. The number of carboxylic acid groups (broad SMARTS) is 1. The van der Waals surface area contributed by atoms with Crippen molar-refractivity contribution in [1.82, 2.24) is 19.7 Å². The lowest BCUT2D eigenvalue weighted by atomic mass is 9.67. The third kappa shape index (κ3) is 1.90. The largest absolute Gasteiger partial charge is 0.479 e. The van der Waals surface area contributed by atoms with Crippen molar-refractivity contribution in [1.29, 1.82) is 0 Å². The van der Waals surface area contributed by atoms with E-state index in [4.69, 9.17) is 0 Å². The van der Waals surface area contributed by atoms with Crippen LogP contribution in [-0.2, 0) is 11.8 Å². The molecule has 24 heavy (non-hydrogen) atoms. The Labute approximate surface area is 138 Å². The third-order valence-electron chi connectivity index (χ3n) is 5.45. The van der Waals surface area contributed by atoms with E-state index in [1.54, 1.807) is 28.8 Å². The quantitative estimate of drug-likeness (QED) is 0.925. The number of aryl methyl sites for hydroxylation is 1. The van der Waals surface area contributed by atoms with Crippen molar-refractivity contribution in [3.05, 3.63) is 36.2 Å². The van der Waals surface area contributed by atoms with Gasteiger partial charge in [-0.15, -0.1) is 0 Å². The Hall–Kier alpha value is -2.70. The first-order valence-corrected chi connectivity index (χ1v) is 8.04. The molecule has 1 saturated carbocycles. The molecule has 1 saturated heterocycles. The second-order valence-electron chi connectivity index (χ2n) is 6.50. The van der Waals surface area contributed by atoms with Crippen molar-refractivity contribution < 1.29 is 14.7 Å². The fourth-order valence-electron chi connectivity index (χ4n) is 4.00. The van der Waals surface area contributed by atoms with E-state index >= 15 is 0 Å². The fraction of sp³-hybridized carbons (Fsp3) is 0.412. The molecule has 2 fully saturated rings. The smallest absolute Gasteiger partial charge is 0.329 e. The molecule has 0 spiro atoms. The number of carboxylic acids is 1. The molecule has 1 aromatic heterocycles. The molecule has 2 atom stereocenters. The molecule has 1 aliphatic heterocycles. The number of benzene rings is 1. The number of amides is 1. The van der Waals surface area contributed by atoms with Crippen LogP contribution in [0, 0.1) is 5.92 Å².